The molecule has 0 spiro atoms. The Kier molecular flexibility index (Phi) is 34.9. The zero-order valence-corrected chi connectivity index (χ0v) is 29.9. The number of hydrogen-bond donors (Lipinski definition) is 1. The highest BCUT2D eigenvalue weighted by atomic mass is 35.5. The van der Waals surface area contributed by atoms with Crippen LogP contribution in [-0.2, 0) is 4.79 Å². The molecular formula is C38H76ClNO2. The highest BCUT2D eigenvalue weighted by Crippen LogP contribution is 2.20. The molecular weight excluding hydrogens is 538 g/mol. The molecule has 0 aromatic heterocycles. The zero-order chi connectivity index (χ0) is 30.3. The summed E-state index contributed by atoms with van der Waals surface area (Å²) in [6, 6.07) is 0. The molecule has 0 aliphatic carbocycles. The summed E-state index contributed by atoms with van der Waals surface area (Å²) in [5.74, 6) is 0.404. The number of carbonyl (C=O) groups excluding carboxylic acids is 1. The van der Waals surface area contributed by atoms with Gasteiger partial charge >= 0.3 is 0 Å². The van der Waals surface area contributed by atoms with Crippen LogP contribution in [0.5, 0.6) is 0 Å². The van der Waals surface area contributed by atoms with E-state index in [1.807, 2.05) is 0 Å². The number of carbonyl (C=O) groups is 1. The Balaban J connectivity index is 0. The van der Waals surface area contributed by atoms with Crippen LogP contribution < -0.4 is 12.4 Å². The Labute approximate surface area is 271 Å². The molecule has 0 aromatic rings. The van der Waals surface area contributed by atoms with Gasteiger partial charge in [0.05, 0.1) is 20.0 Å². The number of quaternary nitrogens is 1. The van der Waals surface area contributed by atoms with Gasteiger partial charge in [-0.1, -0.05) is 167 Å². The Morgan fingerprint density at radius 1 is 0.548 bits per heavy atom. The Morgan fingerprint density at radius 3 is 1.26 bits per heavy atom. The van der Waals surface area contributed by atoms with Crippen LogP contribution in [0.2, 0.25) is 0 Å². The van der Waals surface area contributed by atoms with Crippen molar-refractivity contribution in [2.24, 2.45) is 5.92 Å². The first kappa shape index (κ1) is 43.7. The molecule has 0 radical (unpaired) electrons. The van der Waals surface area contributed by atoms with Gasteiger partial charge in [0.2, 0.25) is 0 Å². The molecule has 0 rings (SSSR count). The topological polar surface area (TPSA) is 37.3 Å². The number of halogens is 1. The van der Waals surface area contributed by atoms with E-state index in [4.69, 9.17) is 0 Å². The normalized spacial score (nSPS) is 12.6. The molecule has 1 unspecified atom stereocenters. The van der Waals surface area contributed by atoms with Gasteiger partial charge in [0.1, 0.15) is 12.3 Å². The number of allylic oxidation sites excluding steroid dienone is 2. The van der Waals surface area contributed by atoms with Gasteiger partial charge in [-0.2, -0.15) is 4.65 Å². The van der Waals surface area contributed by atoms with Crippen LogP contribution in [0.4, 0.5) is 0 Å². The summed E-state index contributed by atoms with van der Waals surface area (Å²) in [5, 5.41) is 10.3. The first-order chi connectivity index (χ1) is 19.9. The maximum Gasteiger partial charge on any atom is 0.141 e. The summed E-state index contributed by atoms with van der Waals surface area (Å²) in [4.78, 5) is 13.0. The van der Waals surface area contributed by atoms with E-state index in [9.17, 15) is 10.0 Å². The second-order valence-corrected chi connectivity index (χ2v) is 13.7. The second kappa shape index (κ2) is 33.5. The van der Waals surface area contributed by atoms with E-state index >= 15 is 0 Å². The molecule has 0 bridgehead atoms. The van der Waals surface area contributed by atoms with E-state index in [0.717, 1.165) is 25.7 Å². The fourth-order valence-electron chi connectivity index (χ4n) is 6.05. The van der Waals surface area contributed by atoms with Crippen molar-refractivity contribution in [3.8, 4) is 0 Å². The first-order valence-corrected chi connectivity index (χ1v) is 18.6. The lowest BCUT2D eigenvalue weighted by atomic mass is 9.92. The molecule has 0 amide bonds. The minimum absolute atomic E-state index is 0. The van der Waals surface area contributed by atoms with Gasteiger partial charge in [-0.3, -0.25) is 4.79 Å². The first-order valence-electron chi connectivity index (χ1n) is 18.6. The van der Waals surface area contributed by atoms with Crippen LogP contribution in [0.15, 0.2) is 12.2 Å². The molecule has 4 heteroatoms. The molecule has 0 aromatic carbocycles. The number of hydrogen-bond acceptors (Lipinski definition) is 2. The summed E-state index contributed by atoms with van der Waals surface area (Å²) >= 11 is 0. The van der Waals surface area contributed by atoms with Gasteiger partial charge in [-0.15, -0.1) is 0 Å². The van der Waals surface area contributed by atoms with Crippen LogP contribution in [0.3, 0.4) is 0 Å². The Morgan fingerprint density at radius 2 is 0.881 bits per heavy atom. The van der Waals surface area contributed by atoms with Crippen molar-refractivity contribution in [3.05, 3.63) is 12.2 Å². The molecule has 0 saturated carbocycles. The van der Waals surface area contributed by atoms with Gasteiger partial charge in [-0.05, 0) is 38.5 Å². The fourth-order valence-corrected chi connectivity index (χ4v) is 6.05. The van der Waals surface area contributed by atoms with Crippen LogP contribution in [0.25, 0.3) is 0 Å². The van der Waals surface area contributed by atoms with Crippen LogP contribution in [-0.4, -0.2) is 36.3 Å². The molecule has 0 saturated heterocycles. The standard InChI is InChI=1S/C38H76NO2.ClH/c1-5-7-9-11-13-15-17-19-21-23-25-27-29-31-33-35-38(40)37(36-39(3,4)41)34-32-30-28-26-24-22-20-18-16-14-12-10-8-6-2;/h19,21,37,41H,5-18,20,22-36H2,1-4H3;1H/q+1;/p-1/b21-19-;. The summed E-state index contributed by atoms with van der Waals surface area (Å²) in [5.41, 5.74) is 0. The summed E-state index contributed by atoms with van der Waals surface area (Å²) < 4.78 is -0.0958. The van der Waals surface area contributed by atoms with Crippen molar-refractivity contribution in [2.45, 2.75) is 200 Å². The molecule has 1 atom stereocenters. The third-order valence-electron chi connectivity index (χ3n) is 8.71. The quantitative estimate of drug-likeness (QED) is 0.0346. The third-order valence-corrected chi connectivity index (χ3v) is 8.71. The van der Waals surface area contributed by atoms with Gasteiger partial charge < -0.3 is 12.4 Å². The largest absolute Gasteiger partial charge is 1.00 e. The number of Topliss-reactive ketones (excluding diaryl/α,β-unsaturated/α-hetero) is 1. The smallest absolute Gasteiger partial charge is 0.141 e. The lowest BCUT2D eigenvalue weighted by Gasteiger charge is -2.25. The van der Waals surface area contributed by atoms with Crippen LogP contribution >= 0.6 is 0 Å². The predicted octanol–water partition coefficient (Wildman–Crippen LogP) is 9.55. The van der Waals surface area contributed by atoms with Crippen molar-refractivity contribution in [2.75, 3.05) is 20.6 Å². The van der Waals surface area contributed by atoms with Crippen molar-refractivity contribution >= 4 is 5.78 Å². The van der Waals surface area contributed by atoms with Crippen LogP contribution in [0, 0.1) is 5.92 Å². The van der Waals surface area contributed by atoms with E-state index in [1.54, 1.807) is 14.1 Å². The Bertz CT molecular complexity index is 572. The van der Waals surface area contributed by atoms with Gasteiger partial charge in [0.15, 0.2) is 0 Å². The molecule has 0 heterocycles. The number of ketones is 1. The average molecular weight is 614 g/mol. The lowest BCUT2D eigenvalue weighted by molar-refractivity contribution is -1.07. The number of unbranched alkanes of at least 4 members (excludes halogenated alkanes) is 24. The molecule has 252 valence electrons. The van der Waals surface area contributed by atoms with Crippen molar-refractivity contribution in [3.63, 3.8) is 0 Å². The highest BCUT2D eigenvalue weighted by molar-refractivity contribution is 5.81. The minimum atomic E-state index is -0.0958. The van der Waals surface area contributed by atoms with Gasteiger partial charge in [-0.25, -0.2) is 5.21 Å². The molecule has 42 heavy (non-hydrogen) atoms. The average Bonchev–Trinajstić information content (AvgIpc) is 2.93. The molecule has 3 nitrogen and oxygen atoms in total. The number of hydroxylamine groups is 3. The lowest BCUT2D eigenvalue weighted by Crippen LogP contribution is -3.00. The van der Waals surface area contributed by atoms with Crippen molar-refractivity contribution in [1.82, 2.24) is 0 Å². The fraction of sp³-hybridized carbons (Fsp3) is 0.921. The highest BCUT2D eigenvalue weighted by Gasteiger charge is 2.26. The summed E-state index contributed by atoms with van der Waals surface area (Å²) in [6.45, 7) is 5.12. The van der Waals surface area contributed by atoms with Crippen molar-refractivity contribution < 1.29 is 27.1 Å². The SMILES string of the molecule is CCCCCCCC/C=C\CCCCCCCC(=O)C(CCCCCCCCCCCCCCCC)C[N+](C)(C)O.[Cl-]. The number of nitrogens with zero attached hydrogens (tertiary/aromatic N) is 1. The predicted molar refractivity (Wildman–Crippen MR) is 182 cm³/mol. The van der Waals surface area contributed by atoms with Crippen molar-refractivity contribution in [1.29, 1.82) is 0 Å². The van der Waals surface area contributed by atoms with Crippen LogP contribution in [0.1, 0.15) is 200 Å². The molecule has 0 aliphatic heterocycles. The van der Waals surface area contributed by atoms with E-state index in [-0.39, 0.29) is 23.0 Å². The second-order valence-electron chi connectivity index (χ2n) is 13.7. The third kappa shape index (κ3) is 34.1. The summed E-state index contributed by atoms with van der Waals surface area (Å²) in [7, 11) is 3.60. The number of rotatable bonds is 33. The maximum absolute atomic E-state index is 13.0. The maximum atomic E-state index is 13.0. The monoisotopic (exact) mass is 614 g/mol. The van der Waals surface area contributed by atoms with E-state index in [2.05, 4.69) is 26.0 Å². The zero-order valence-electron chi connectivity index (χ0n) is 29.1. The summed E-state index contributed by atoms with van der Waals surface area (Å²) in [6.07, 6.45) is 42.1. The minimum Gasteiger partial charge on any atom is -1.00 e. The van der Waals surface area contributed by atoms with E-state index in [1.165, 1.54) is 154 Å². The Hall–Kier alpha value is -0.380. The van der Waals surface area contributed by atoms with Gasteiger partial charge in [0.25, 0.3) is 0 Å². The van der Waals surface area contributed by atoms with E-state index in [0.29, 0.717) is 18.7 Å². The molecule has 1 N–H and O–H groups in total. The van der Waals surface area contributed by atoms with E-state index < -0.39 is 0 Å². The molecule has 0 fully saturated rings. The molecule has 0 aliphatic rings. The van der Waals surface area contributed by atoms with Gasteiger partial charge in [0, 0.05) is 6.42 Å².